The molecular formula is C18H19FN4O3. The van der Waals surface area contributed by atoms with Crippen molar-refractivity contribution in [3.05, 3.63) is 65.4 Å². The molecular weight excluding hydrogens is 339 g/mol. The van der Waals surface area contributed by atoms with E-state index in [0.717, 1.165) is 11.4 Å². The first-order valence-corrected chi connectivity index (χ1v) is 8.14. The number of hydrogen-bond acceptors (Lipinski definition) is 5. The Balaban J connectivity index is 1.51. The maximum Gasteiger partial charge on any atom is 0.273 e. The van der Waals surface area contributed by atoms with Crippen molar-refractivity contribution in [3.63, 3.8) is 0 Å². The molecule has 0 radical (unpaired) electrons. The average molecular weight is 358 g/mol. The zero-order chi connectivity index (χ0) is 18.5. The van der Waals surface area contributed by atoms with Gasteiger partial charge in [-0.15, -0.1) is 0 Å². The minimum atomic E-state index is -0.341. The predicted octanol–water partition coefficient (Wildman–Crippen LogP) is 2.79. The fourth-order valence-corrected chi connectivity index (χ4v) is 2.40. The molecule has 0 saturated heterocycles. The van der Waals surface area contributed by atoms with E-state index in [2.05, 4.69) is 20.5 Å². The number of oxazole rings is 1. The molecule has 0 spiro atoms. The summed E-state index contributed by atoms with van der Waals surface area (Å²) in [5.74, 6) is 0.0710. The molecule has 0 aliphatic rings. The number of benzene rings is 1. The molecule has 3 aromatic rings. The van der Waals surface area contributed by atoms with Gasteiger partial charge in [0.15, 0.2) is 12.3 Å². The second-order valence-corrected chi connectivity index (χ2v) is 5.99. The number of hydrogen-bond donors (Lipinski definition) is 2. The molecule has 1 unspecified atom stereocenters. The van der Waals surface area contributed by atoms with Gasteiger partial charge in [-0.3, -0.25) is 9.89 Å². The van der Waals surface area contributed by atoms with Crippen LogP contribution in [0.3, 0.4) is 0 Å². The van der Waals surface area contributed by atoms with Crippen molar-refractivity contribution in [1.82, 2.24) is 20.5 Å². The number of H-pyrrole nitrogens is 1. The second-order valence-electron chi connectivity index (χ2n) is 5.99. The highest BCUT2D eigenvalue weighted by Gasteiger charge is 2.16. The Kier molecular flexibility index (Phi) is 5.31. The van der Waals surface area contributed by atoms with Gasteiger partial charge in [0, 0.05) is 18.2 Å². The van der Waals surface area contributed by atoms with Gasteiger partial charge < -0.3 is 14.5 Å². The quantitative estimate of drug-likeness (QED) is 0.677. The summed E-state index contributed by atoms with van der Waals surface area (Å²) in [4.78, 5) is 16.3. The minimum absolute atomic E-state index is 0.0427. The van der Waals surface area contributed by atoms with Crippen LogP contribution in [0.1, 0.15) is 34.7 Å². The van der Waals surface area contributed by atoms with E-state index in [0.29, 0.717) is 12.2 Å². The van der Waals surface area contributed by atoms with E-state index >= 15 is 0 Å². The topological polar surface area (TPSA) is 93.0 Å². The number of aromatic amines is 1. The van der Waals surface area contributed by atoms with Gasteiger partial charge in [-0.05, 0) is 44.2 Å². The Morgan fingerprint density at radius 1 is 1.38 bits per heavy atom. The van der Waals surface area contributed by atoms with Gasteiger partial charge in [-0.1, -0.05) is 0 Å². The van der Waals surface area contributed by atoms with Gasteiger partial charge >= 0.3 is 0 Å². The number of rotatable bonds is 7. The molecule has 1 aromatic carbocycles. The van der Waals surface area contributed by atoms with Crippen LogP contribution in [-0.2, 0) is 13.0 Å². The van der Waals surface area contributed by atoms with Gasteiger partial charge in [0.05, 0.1) is 5.69 Å². The molecule has 0 aliphatic carbocycles. The summed E-state index contributed by atoms with van der Waals surface area (Å²) in [5.41, 5.74) is 2.03. The fourth-order valence-electron chi connectivity index (χ4n) is 2.40. The summed E-state index contributed by atoms with van der Waals surface area (Å²) in [5, 5.41) is 9.87. The van der Waals surface area contributed by atoms with E-state index < -0.39 is 0 Å². The molecule has 0 saturated carbocycles. The highest BCUT2D eigenvalue weighted by Crippen LogP contribution is 2.13. The standard InChI is InChI=1S/C18H19FN4O3/c1-11(7-14-8-12(2)22-23-14)20-18(24)16-9-26-17(21-16)10-25-15-5-3-13(19)4-6-15/h3-6,8-9,11H,7,10H2,1-2H3,(H,20,24)(H,22,23). The molecule has 1 atom stereocenters. The van der Waals surface area contributed by atoms with E-state index in [1.165, 1.54) is 30.5 Å². The molecule has 0 aliphatic heterocycles. The van der Waals surface area contributed by atoms with E-state index in [9.17, 15) is 9.18 Å². The molecule has 0 fully saturated rings. The number of carbonyl (C=O) groups is 1. The lowest BCUT2D eigenvalue weighted by molar-refractivity contribution is 0.0935. The summed E-state index contributed by atoms with van der Waals surface area (Å²) in [6, 6.07) is 7.43. The first-order chi connectivity index (χ1) is 12.5. The van der Waals surface area contributed by atoms with Gasteiger partial charge in [-0.2, -0.15) is 5.10 Å². The van der Waals surface area contributed by atoms with Crippen molar-refractivity contribution >= 4 is 5.91 Å². The molecule has 2 N–H and O–H groups in total. The minimum Gasteiger partial charge on any atom is -0.484 e. The molecule has 7 nitrogen and oxygen atoms in total. The van der Waals surface area contributed by atoms with E-state index in [1.807, 2.05) is 19.9 Å². The van der Waals surface area contributed by atoms with Crippen LogP contribution in [0.5, 0.6) is 5.75 Å². The van der Waals surface area contributed by atoms with Gasteiger partial charge in [0.1, 0.15) is 17.8 Å². The van der Waals surface area contributed by atoms with E-state index in [4.69, 9.17) is 9.15 Å². The van der Waals surface area contributed by atoms with Crippen molar-refractivity contribution in [3.8, 4) is 5.75 Å². The molecule has 1 amide bonds. The smallest absolute Gasteiger partial charge is 0.273 e. The van der Waals surface area contributed by atoms with Gasteiger partial charge in [0.25, 0.3) is 5.91 Å². The lowest BCUT2D eigenvalue weighted by Crippen LogP contribution is -2.34. The predicted molar refractivity (Wildman–Crippen MR) is 91.2 cm³/mol. The van der Waals surface area contributed by atoms with Gasteiger partial charge in [0.2, 0.25) is 5.89 Å². The number of amides is 1. The van der Waals surface area contributed by atoms with E-state index in [-0.39, 0.29) is 36.0 Å². The third-order valence-electron chi connectivity index (χ3n) is 3.61. The van der Waals surface area contributed by atoms with Crippen LogP contribution in [0, 0.1) is 12.7 Å². The van der Waals surface area contributed by atoms with Crippen LogP contribution in [0.2, 0.25) is 0 Å². The van der Waals surface area contributed by atoms with Crippen LogP contribution < -0.4 is 10.1 Å². The first kappa shape index (κ1) is 17.7. The Hall–Kier alpha value is -3.16. The summed E-state index contributed by atoms with van der Waals surface area (Å²) in [7, 11) is 0. The zero-order valence-corrected chi connectivity index (χ0v) is 14.5. The van der Waals surface area contributed by atoms with Crippen LogP contribution in [0.25, 0.3) is 0 Å². The third-order valence-corrected chi connectivity index (χ3v) is 3.61. The van der Waals surface area contributed by atoms with Crippen LogP contribution >= 0.6 is 0 Å². The third kappa shape index (κ3) is 4.69. The SMILES string of the molecule is Cc1cc(CC(C)NC(=O)c2coc(COc3ccc(F)cc3)n2)n[nH]1. The normalized spacial score (nSPS) is 12.0. The number of halogens is 1. The Morgan fingerprint density at radius 2 is 2.15 bits per heavy atom. The summed E-state index contributed by atoms with van der Waals surface area (Å²) in [6.07, 6.45) is 1.89. The Morgan fingerprint density at radius 3 is 2.85 bits per heavy atom. The molecule has 2 heterocycles. The van der Waals surface area contributed by atoms with Crippen molar-refractivity contribution in [1.29, 1.82) is 0 Å². The monoisotopic (exact) mass is 358 g/mol. The first-order valence-electron chi connectivity index (χ1n) is 8.14. The maximum absolute atomic E-state index is 12.8. The summed E-state index contributed by atoms with van der Waals surface area (Å²) < 4.78 is 23.5. The molecule has 26 heavy (non-hydrogen) atoms. The molecule has 8 heteroatoms. The largest absolute Gasteiger partial charge is 0.484 e. The summed E-state index contributed by atoms with van der Waals surface area (Å²) in [6.45, 7) is 3.85. The van der Waals surface area contributed by atoms with Crippen LogP contribution in [-0.4, -0.2) is 27.1 Å². The Bertz CT molecular complexity index is 873. The lowest BCUT2D eigenvalue weighted by atomic mass is 10.1. The average Bonchev–Trinajstić information content (AvgIpc) is 3.23. The zero-order valence-electron chi connectivity index (χ0n) is 14.5. The number of nitrogens with zero attached hydrogens (tertiary/aromatic N) is 2. The number of nitrogens with one attached hydrogen (secondary N) is 2. The number of ether oxygens (including phenoxy) is 1. The van der Waals surface area contributed by atoms with Crippen molar-refractivity contribution in [2.24, 2.45) is 0 Å². The van der Waals surface area contributed by atoms with Crippen molar-refractivity contribution in [2.45, 2.75) is 32.9 Å². The number of aromatic nitrogens is 3. The van der Waals surface area contributed by atoms with Gasteiger partial charge in [-0.25, -0.2) is 9.37 Å². The molecule has 0 bridgehead atoms. The number of carbonyl (C=O) groups excluding carboxylic acids is 1. The highest BCUT2D eigenvalue weighted by atomic mass is 19.1. The molecule has 136 valence electrons. The van der Waals surface area contributed by atoms with E-state index in [1.54, 1.807) is 0 Å². The van der Waals surface area contributed by atoms with Crippen LogP contribution in [0.15, 0.2) is 41.0 Å². The molecule has 3 rings (SSSR count). The van der Waals surface area contributed by atoms with Crippen LogP contribution in [0.4, 0.5) is 4.39 Å². The highest BCUT2D eigenvalue weighted by molar-refractivity contribution is 5.92. The van der Waals surface area contributed by atoms with Crippen molar-refractivity contribution in [2.75, 3.05) is 0 Å². The second kappa shape index (κ2) is 7.81. The van der Waals surface area contributed by atoms with Crippen molar-refractivity contribution < 1.29 is 18.3 Å². The summed E-state index contributed by atoms with van der Waals surface area (Å²) >= 11 is 0. The Labute approximate surface area is 149 Å². The number of aryl methyl sites for hydroxylation is 1. The molecule has 2 aromatic heterocycles. The maximum atomic E-state index is 12.8. The fraction of sp³-hybridized carbons (Fsp3) is 0.278. The lowest BCUT2D eigenvalue weighted by Gasteiger charge is -2.10.